The first kappa shape index (κ1) is 12.4. The Morgan fingerprint density at radius 3 is 2.31 bits per heavy atom. The van der Waals surface area contributed by atoms with Crippen molar-refractivity contribution in [2.24, 2.45) is 0 Å². The third-order valence-electron chi connectivity index (χ3n) is 1.97. The minimum Gasteiger partial charge on any atom is -0.391 e. The van der Waals surface area contributed by atoms with Gasteiger partial charge in [0, 0.05) is 0 Å². The van der Waals surface area contributed by atoms with E-state index >= 15 is 0 Å². The monoisotopic (exact) mass is 188 g/mol. The molecule has 78 valence electrons. The Labute approximate surface area is 79.9 Å². The molecule has 4 heteroatoms. The molecule has 0 spiro atoms. The second kappa shape index (κ2) is 4.58. The summed E-state index contributed by atoms with van der Waals surface area (Å²) in [4.78, 5) is 13.1. The number of rotatable bonds is 4. The lowest BCUT2D eigenvalue weighted by molar-refractivity contribution is -0.124. The van der Waals surface area contributed by atoms with Crippen LogP contribution < -0.4 is 5.32 Å². The van der Waals surface area contributed by atoms with E-state index in [1.807, 2.05) is 14.1 Å². The van der Waals surface area contributed by atoms with Gasteiger partial charge in [0.25, 0.3) is 0 Å². The van der Waals surface area contributed by atoms with Crippen LogP contribution in [0.3, 0.4) is 0 Å². The van der Waals surface area contributed by atoms with Gasteiger partial charge in [0.05, 0.1) is 18.2 Å². The van der Waals surface area contributed by atoms with Crippen LogP contribution in [0.2, 0.25) is 0 Å². The van der Waals surface area contributed by atoms with E-state index in [0.29, 0.717) is 6.54 Å². The van der Waals surface area contributed by atoms with Gasteiger partial charge in [-0.25, -0.2) is 0 Å². The number of aliphatic hydroxyl groups is 1. The predicted octanol–water partition coefficient (Wildman–Crippen LogP) is -0.176. The van der Waals surface area contributed by atoms with Gasteiger partial charge < -0.3 is 15.3 Å². The van der Waals surface area contributed by atoms with Crippen LogP contribution in [-0.2, 0) is 4.79 Å². The van der Waals surface area contributed by atoms with Gasteiger partial charge in [-0.3, -0.25) is 4.79 Å². The van der Waals surface area contributed by atoms with Gasteiger partial charge >= 0.3 is 0 Å². The number of carbonyl (C=O) groups is 1. The summed E-state index contributed by atoms with van der Waals surface area (Å²) in [6.45, 7) is 5.60. The van der Waals surface area contributed by atoms with Crippen molar-refractivity contribution < 1.29 is 9.90 Å². The van der Waals surface area contributed by atoms with Crippen molar-refractivity contribution in [3.63, 3.8) is 0 Å². The summed E-state index contributed by atoms with van der Waals surface area (Å²) in [5.41, 5.74) is -0.562. The van der Waals surface area contributed by atoms with Crippen molar-refractivity contribution in [2.45, 2.75) is 32.4 Å². The van der Waals surface area contributed by atoms with Crippen LogP contribution >= 0.6 is 0 Å². The molecule has 0 aromatic carbocycles. The van der Waals surface area contributed by atoms with Gasteiger partial charge in [-0.15, -0.1) is 0 Å². The first-order valence-corrected chi connectivity index (χ1v) is 4.39. The lowest BCUT2D eigenvalue weighted by Crippen LogP contribution is -2.52. The summed E-state index contributed by atoms with van der Waals surface area (Å²) >= 11 is 0. The molecule has 0 aliphatic heterocycles. The summed E-state index contributed by atoms with van der Waals surface area (Å²) < 4.78 is 0. The fourth-order valence-electron chi connectivity index (χ4n) is 0.791. The number of nitrogens with zero attached hydrogens (tertiary/aromatic N) is 1. The van der Waals surface area contributed by atoms with Crippen molar-refractivity contribution in [1.82, 2.24) is 10.2 Å². The van der Waals surface area contributed by atoms with Crippen LogP contribution in [0, 0.1) is 0 Å². The fourth-order valence-corrected chi connectivity index (χ4v) is 0.791. The Balaban J connectivity index is 4.05. The van der Waals surface area contributed by atoms with Crippen LogP contribution in [0.25, 0.3) is 0 Å². The van der Waals surface area contributed by atoms with Crippen molar-refractivity contribution in [3.05, 3.63) is 0 Å². The maximum Gasteiger partial charge on any atom is 0.234 e. The standard InChI is InChI=1S/C9H20N2O2/c1-7(12)9(2,3)10-8(13)6-11(4)5/h7,12H,6H2,1-5H3,(H,10,13). The van der Waals surface area contributed by atoms with Crippen LogP contribution in [-0.4, -0.2) is 48.2 Å². The van der Waals surface area contributed by atoms with E-state index in [1.54, 1.807) is 25.7 Å². The molecule has 4 nitrogen and oxygen atoms in total. The van der Waals surface area contributed by atoms with E-state index in [9.17, 15) is 9.90 Å². The molecule has 1 atom stereocenters. The molecule has 0 fully saturated rings. The molecule has 1 amide bonds. The first-order chi connectivity index (χ1) is 5.75. The zero-order chi connectivity index (χ0) is 10.6. The van der Waals surface area contributed by atoms with E-state index in [-0.39, 0.29) is 5.91 Å². The Morgan fingerprint density at radius 1 is 1.54 bits per heavy atom. The normalized spacial score (nSPS) is 14.4. The van der Waals surface area contributed by atoms with Crippen LogP contribution in [0.5, 0.6) is 0 Å². The van der Waals surface area contributed by atoms with Crippen LogP contribution in [0.15, 0.2) is 0 Å². The number of hydrogen-bond acceptors (Lipinski definition) is 3. The molecule has 0 heterocycles. The average Bonchev–Trinajstić information content (AvgIpc) is 1.82. The largest absolute Gasteiger partial charge is 0.391 e. The summed E-state index contributed by atoms with van der Waals surface area (Å²) in [7, 11) is 3.66. The molecule has 0 aliphatic carbocycles. The fraction of sp³-hybridized carbons (Fsp3) is 0.889. The molecule has 1 unspecified atom stereocenters. The molecule has 0 saturated carbocycles. The number of likely N-dealkylation sites (N-methyl/N-ethyl adjacent to an activating group) is 1. The Bertz CT molecular complexity index is 176. The molecule has 0 radical (unpaired) electrons. The number of hydrogen-bond donors (Lipinski definition) is 2. The molecule has 13 heavy (non-hydrogen) atoms. The van der Waals surface area contributed by atoms with Crippen molar-refractivity contribution in [1.29, 1.82) is 0 Å². The SMILES string of the molecule is CC(O)C(C)(C)NC(=O)CN(C)C. The number of amides is 1. The lowest BCUT2D eigenvalue weighted by Gasteiger charge is -2.29. The van der Waals surface area contributed by atoms with E-state index in [1.165, 1.54) is 0 Å². The Kier molecular flexibility index (Phi) is 4.36. The number of aliphatic hydroxyl groups excluding tert-OH is 1. The van der Waals surface area contributed by atoms with E-state index in [2.05, 4.69) is 5.32 Å². The van der Waals surface area contributed by atoms with Gasteiger partial charge in [-0.1, -0.05) is 0 Å². The van der Waals surface area contributed by atoms with E-state index in [0.717, 1.165) is 0 Å². The van der Waals surface area contributed by atoms with Gasteiger partial charge in [0.15, 0.2) is 0 Å². The lowest BCUT2D eigenvalue weighted by atomic mass is 9.99. The quantitative estimate of drug-likeness (QED) is 0.643. The Morgan fingerprint density at radius 2 is 2.00 bits per heavy atom. The minimum atomic E-state index is -0.562. The molecule has 0 aromatic rings. The highest BCUT2D eigenvalue weighted by atomic mass is 16.3. The predicted molar refractivity (Wildman–Crippen MR) is 52.5 cm³/mol. The maximum atomic E-state index is 11.3. The first-order valence-electron chi connectivity index (χ1n) is 4.39. The highest BCUT2D eigenvalue weighted by Gasteiger charge is 2.25. The van der Waals surface area contributed by atoms with E-state index < -0.39 is 11.6 Å². The van der Waals surface area contributed by atoms with Crippen molar-refractivity contribution in [3.8, 4) is 0 Å². The molecular formula is C9H20N2O2. The summed E-state index contributed by atoms with van der Waals surface area (Å²) in [5, 5.41) is 12.1. The zero-order valence-corrected chi connectivity index (χ0v) is 9.09. The van der Waals surface area contributed by atoms with Gasteiger partial charge in [-0.05, 0) is 34.9 Å². The minimum absolute atomic E-state index is 0.0732. The highest BCUT2D eigenvalue weighted by Crippen LogP contribution is 2.07. The number of carbonyl (C=O) groups excluding carboxylic acids is 1. The van der Waals surface area contributed by atoms with Crippen molar-refractivity contribution in [2.75, 3.05) is 20.6 Å². The molecule has 0 aliphatic rings. The van der Waals surface area contributed by atoms with E-state index in [4.69, 9.17) is 0 Å². The summed E-state index contributed by atoms with van der Waals surface area (Å²) in [6.07, 6.45) is -0.557. The highest BCUT2D eigenvalue weighted by molar-refractivity contribution is 5.78. The van der Waals surface area contributed by atoms with Gasteiger partial charge in [0.1, 0.15) is 0 Å². The molecule has 0 saturated heterocycles. The topological polar surface area (TPSA) is 52.6 Å². The van der Waals surface area contributed by atoms with Gasteiger partial charge in [0.2, 0.25) is 5.91 Å². The maximum absolute atomic E-state index is 11.3. The summed E-state index contributed by atoms with van der Waals surface area (Å²) in [6, 6.07) is 0. The third kappa shape index (κ3) is 4.85. The molecule has 0 aromatic heterocycles. The second-order valence-corrected chi connectivity index (χ2v) is 4.18. The molecular weight excluding hydrogens is 168 g/mol. The summed E-state index contributed by atoms with van der Waals surface area (Å²) in [5.74, 6) is -0.0732. The molecule has 0 rings (SSSR count). The van der Waals surface area contributed by atoms with Crippen molar-refractivity contribution >= 4 is 5.91 Å². The van der Waals surface area contributed by atoms with Gasteiger partial charge in [-0.2, -0.15) is 0 Å². The van der Waals surface area contributed by atoms with Crippen LogP contribution in [0.4, 0.5) is 0 Å². The number of nitrogens with one attached hydrogen (secondary N) is 1. The molecule has 0 bridgehead atoms. The zero-order valence-electron chi connectivity index (χ0n) is 9.09. The second-order valence-electron chi connectivity index (χ2n) is 4.18. The Hall–Kier alpha value is -0.610. The third-order valence-corrected chi connectivity index (χ3v) is 1.97. The smallest absolute Gasteiger partial charge is 0.234 e. The molecule has 2 N–H and O–H groups in total. The average molecular weight is 188 g/mol. The van der Waals surface area contributed by atoms with Crippen LogP contribution in [0.1, 0.15) is 20.8 Å².